The van der Waals surface area contributed by atoms with E-state index in [9.17, 15) is 14.4 Å². The van der Waals surface area contributed by atoms with Gasteiger partial charge in [0.1, 0.15) is 5.75 Å². The van der Waals surface area contributed by atoms with E-state index >= 15 is 0 Å². The molecule has 140 valence electrons. The van der Waals surface area contributed by atoms with Crippen molar-refractivity contribution in [2.45, 2.75) is 26.3 Å². The van der Waals surface area contributed by atoms with Gasteiger partial charge in [-0.05, 0) is 43.2 Å². The third kappa shape index (κ3) is 4.16. The molecule has 3 amide bonds. The standard InChI is InChI=1S/C21H22N2O4/c1-14-5-10-17-18(12-14)21(26)23(20(17)25)11-3-4-19(24)22-13-15-6-8-16(27-2)9-7-15/h5-10,12H,3-4,11,13H2,1-2H3,(H,22,24). The minimum atomic E-state index is -0.284. The predicted octanol–water partition coefficient (Wildman–Crippen LogP) is 2.70. The summed E-state index contributed by atoms with van der Waals surface area (Å²) in [5, 5.41) is 2.84. The van der Waals surface area contributed by atoms with Crippen LogP contribution in [-0.4, -0.2) is 36.3 Å². The minimum Gasteiger partial charge on any atom is -0.497 e. The summed E-state index contributed by atoms with van der Waals surface area (Å²) >= 11 is 0. The molecule has 0 spiro atoms. The molecule has 0 aliphatic carbocycles. The third-order valence-electron chi connectivity index (χ3n) is 4.56. The van der Waals surface area contributed by atoms with Gasteiger partial charge in [0.25, 0.3) is 11.8 Å². The van der Waals surface area contributed by atoms with Crippen molar-refractivity contribution in [1.29, 1.82) is 0 Å². The van der Waals surface area contributed by atoms with Gasteiger partial charge >= 0.3 is 0 Å². The molecule has 2 aromatic rings. The summed E-state index contributed by atoms with van der Waals surface area (Å²) in [5.74, 6) is 0.0884. The fourth-order valence-corrected chi connectivity index (χ4v) is 3.04. The summed E-state index contributed by atoms with van der Waals surface area (Å²) < 4.78 is 5.10. The summed E-state index contributed by atoms with van der Waals surface area (Å²) in [7, 11) is 1.60. The molecule has 0 atom stereocenters. The lowest BCUT2D eigenvalue weighted by Gasteiger charge is -2.13. The van der Waals surface area contributed by atoms with Gasteiger partial charge in [0.05, 0.1) is 18.2 Å². The lowest BCUT2D eigenvalue weighted by atomic mass is 10.1. The zero-order valence-corrected chi connectivity index (χ0v) is 15.5. The Morgan fingerprint density at radius 2 is 1.74 bits per heavy atom. The van der Waals surface area contributed by atoms with E-state index in [1.165, 1.54) is 4.90 Å². The largest absolute Gasteiger partial charge is 0.497 e. The molecule has 1 heterocycles. The second kappa shape index (κ2) is 8.03. The molecule has 0 saturated heterocycles. The first-order chi connectivity index (χ1) is 13.0. The van der Waals surface area contributed by atoms with Crippen LogP contribution in [0.5, 0.6) is 5.75 Å². The number of fused-ring (bicyclic) bond motifs is 1. The predicted molar refractivity (Wildman–Crippen MR) is 101 cm³/mol. The number of imide groups is 1. The van der Waals surface area contributed by atoms with Gasteiger partial charge < -0.3 is 10.1 Å². The van der Waals surface area contributed by atoms with E-state index in [1.54, 1.807) is 19.2 Å². The van der Waals surface area contributed by atoms with Crippen LogP contribution in [0.4, 0.5) is 0 Å². The quantitative estimate of drug-likeness (QED) is 0.765. The van der Waals surface area contributed by atoms with E-state index in [0.717, 1.165) is 16.9 Å². The van der Waals surface area contributed by atoms with Gasteiger partial charge in [-0.25, -0.2) is 0 Å². The lowest BCUT2D eigenvalue weighted by Crippen LogP contribution is -2.32. The van der Waals surface area contributed by atoms with E-state index in [2.05, 4.69) is 5.32 Å². The zero-order valence-electron chi connectivity index (χ0n) is 15.5. The van der Waals surface area contributed by atoms with Crippen LogP contribution >= 0.6 is 0 Å². The Morgan fingerprint density at radius 1 is 1.04 bits per heavy atom. The topological polar surface area (TPSA) is 75.7 Å². The highest BCUT2D eigenvalue weighted by Gasteiger charge is 2.34. The van der Waals surface area contributed by atoms with E-state index in [1.807, 2.05) is 37.3 Å². The van der Waals surface area contributed by atoms with Gasteiger partial charge in [-0.15, -0.1) is 0 Å². The third-order valence-corrected chi connectivity index (χ3v) is 4.56. The summed E-state index contributed by atoms with van der Waals surface area (Å²) in [4.78, 5) is 38.0. The number of aryl methyl sites for hydroxylation is 1. The highest BCUT2D eigenvalue weighted by Crippen LogP contribution is 2.24. The van der Waals surface area contributed by atoms with E-state index in [4.69, 9.17) is 4.74 Å². The number of hydrogen-bond acceptors (Lipinski definition) is 4. The fourth-order valence-electron chi connectivity index (χ4n) is 3.04. The smallest absolute Gasteiger partial charge is 0.261 e. The lowest BCUT2D eigenvalue weighted by molar-refractivity contribution is -0.121. The van der Waals surface area contributed by atoms with Crippen LogP contribution in [0.3, 0.4) is 0 Å². The highest BCUT2D eigenvalue weighted by molar-refractivity contribution is 6.21. The van der Waals surface area contributed by atoms with E-state index in [0.29, 0.717) is 24.1 Å². The number of carbonyl (C=O) groups is 3. The number of ether oxygens (including phenoxy) is 1. The van der Waals surface area contributed by atoms with Gasteiger partial charge in [0.2, 0.25) is 5.91 Å². The van der Waals surface area contributed by atoms with Crippen molar-refractivity contribution in [2.24, 2.45) is 0 Å². The summed E-state index contributed by atoms with van der Waals surface area (Å²) in [6.45, 7) is 2.55. The Labute approximate surface area is 158 Å². The van der Waals surface area contributed by atoms with E-state index in [-0.39, 0.29) is 30.7 Å². The van der Waals surface area contributed by atoms with Crippen LogP contribution in [-0.2, 0) is 11.3 Å². The van der Waals surface area contributed by atoms with Gasteiger partial charge in [-0.1, -0.05) is 23.8 Å². The summed E-state index contributed by atoms with van der Waals surface area (Å²) in [5.41, 5.74) is 2.80. The second-order valence-corrected chi connectivity index (χ2v) is 6.54. The van der Waals surface area contributed by atoms with Gasteiger partial charge in [-0.2, -0.15) is 0 Å². The monoisotopic (exact) mass is 366 g/mol. The van der Waals surface area contributed by atoms with Crippen LogP contribution in [0.15, 0.2) is 42.5 Å². The SMILES string of the molecule is COc1ccc(CNC(=O)CCCN2C(=O)c3ccc(C)cc3C2=O)cc1. The Kier molecular flexibility index (Phi) is 5.54. The number of carbonyl (C=O) groups excluding carboxylic acids is 3. The average Bonchev–Trinajstić information content (AvgIpc) is 2.91. The van der Waals surface area contributed by atoms with Crippen molar-refractivity contribution >= 4 is 17.7 Å². The van der Waals surface area contributed by atoms with Crippen LogP contribution in [0, 0.1) is 6.92 Å². The van der Waals surface area contributed by atoms with E-state index < -0.39 is 0 Å². The van der Waals surface area contributed by atoms with Crippen molar-refractivity contribution in [3.63, 3.8) is 0 Å². The molecule has 1 aliphatic heterocycles. The molecule has 0 saturated carbocycles. The van der Waals surface area contributed by atoms with Crippen LogP contribution in [0.2, 0.25) is 0 Å². The molecule has 0 unspecified atom stereocenters. The molecule has 2 aromatic carbocycles. The molecule has 0 aromatic heterocycles. The Morgan fingerprint density at radius 3 is 2.44 bits per heavy atom. The molecule has 0 fully saturated rings. The maximum absolute atomic E-state index is 12.4. The van der Waals surface area contributed by atoms with Crippen molar-refractivity contribution < 1.29 is 19.1 Å². The van der Waals surface area contributed by atoms with Gasteiger partial charge in [0.15, 0.2) is 0 Å². The molecular weight excluding hydrogens is 344 g/mol. The summed E-state index contributed by atoms with van der Waals surface area (Å²) in [6.07, 6.45) is 0.682. The van der Waals surface area contributed by atoms with Crippen molar-refractivity contribution in [3.05, 3.63) is 64.7 Å². The van der Waals surface area contributed by atoms with Crippen molar-refractivity contribution in [1.82, 2.24) is 10.2 Å². The number of nitrogens with zero attached hydrogens (tertiary/aromatic N) is 1. The highest BCUT2D eigenvalue weighted by atomic mass is 16.5. The van der Waals surface area contributed by atoms with Crippen molar-refractivity contribution in [2.75, 3.05) is 13.7 Å². The first-order valence-corrected chi connectivity index (χ1v) is 8.86. The minimum absolute atomic E-state index is 0.113. The van der Waals surface area contributed by atoms with Crippen LogP contribution in [0.1, 0.15) is 44.7 Å². The van der Waals surface area contributed by atoms with Gasteiger partial charge in [0, 0.05) is 19.5 Å². The number of benzene rings is 2. The maximum atomic E-state index is 12.4. The zero-order chi connectivity index (χ0) is 19.4. The first-order valence-electron chi connectivity index (χ1n) is 8.86. The molecule has 1 N–H and O–H groups in total. The number of amides is 3. The Hall–Kier alpha value is -3.15. The van der Waals surface area contributed by atoms with Crippen LogP contribution < -0.4 is 10.1 Å². The molecule has 3 rings (SSSR count). The molecular formula is C21H22N2O4. The molecule has 0 radical (unpaired) electrons. The molecule has 1 aliphatic rings. The van der Waals surface area contributed by atoms with Gasteiger partial charge in [-0.3, -0.25) is 19.3 Å². The number of nitrogens with one attached hydrogen (secondary N) is 1. The number of hydrogen-bond donors (Lipinski definition) is 1. The normalized spacial score (nSPS) is 12.9. The summed E-state index contributed by atoms with van der Waals surface area (Å²) in [6, 6.07) is 12.7. The Balaban J connectivity index is 1.46. The first kappa shape index (κ1) is 18.6. The maximum Gasteiger partial charge on any atom is 0.261 e. The molecule has 27 heavy (non-hydrogen) atoms. The fraction of sp³-hybridized carbons (Fsp3) is 0.286. The second-order valence-electron chi connectivity index (χ2n) is 6.54. The van der Waals surface area contributed by atoms with Crippen LogP contribution in [0.25, 0.3) is 0 Å². The average molecular weight is 366 g/mol. The molecule has 0 bridgehead atoms. The Bertz CT molecular complexity index is 874. The number of methoxy groups -OCH3 is 1. The molecule has 6 heteroatoms. The van der Waals surface area contributed by atoms with Crippen molar-refractivity contribution in [3.8, 4) is 5.75 Å². The molecule has 6 nitrogen and oxygen atoms in total. The number of rotatable bonds is 7.